The monoisotopic (exact) mass is 542 g/mol. The molecule has 2 aromatic rings. The lowest BCUT2D eigenvalue weighted by atomic mass is 10.0. The van der Waals surface area contributed by atoms with Crippen molar-refractivity contribution in [3.05, 3.63) is 63.7 Å². The van der Waals surface area contributed by atoms with Crippen LogP contribution >= 0.6 is 11.6 Å². The Morgan fingerprint density at radius 3 is 2.12 bits per heavy atom. The molecule has 0 aliphatic heterocycles. The quantitative estimate of drug-likeness (QED) is 0.255. The third kappa shape index (κ3) is 6.68. The van der Waals surface area contributed by atoms with Gasteiger partial charge < -0.3 is 4.84 Å². The molecule has 34 heavy (non-hydrogen) atoms. The lowest BCUT2D eigenvalue weighted by molar-refractivity contribution is -0.142. The van der Waals surface area contributed by atoms with Crippen LogP contribution in [0.2, 0.25) is 5.02 Å². The Kier molecular flexibility index (Phi) is 7.72. The molecule has 2 rings (SSSR count). The molecule has 16 heteroatoms. The van der Waals surface area contributed by atoms with E-state index >= 15 is 0 Å². The Balaban J connectivity index is 2.38. The van der Waals surface area contributed by atoms with Crippen LogP contribution in [0.15, 0.2) is 41.6 Å². The highest BCUT2D eigenvalue weighted by Crippen LogP contribution is 2.37. The van der Waals surface area contributed by atoms with Crippen molar-refractivity contribution in [1.29, 1.82) is 0 Å². The number of hydrogen-bond donors (Lipinski definition) is 1. The van der Waals surface area contributed by atoms with Gasteiger partial charge in [0.15, 0.2) is 0 Å². The van der Waals surface area contributed by atoms with Crippen molar-refractivity contribution in [1.82, 2.24) is 0 Å². The maximum atomic E-state index is 13.1. The van der Waals surface area contributed by atoms with Crippen molar-refractivity contribution in [3.63, 3.8) is 0 Å². The van der Waals surface area contributed by atoms with E-state index in [2.05, 4.69) is 5.16 Å². The Hall–Kier alpha value is -2.68. The van der Waals surface area contributed by atoms with Gasteiger partial charge in [0, 0.05) is 16.1 Å². The fourth-order valence-electron chi connectivity index (χ4n) is 2.52. The second kappa shape index (κ2) is 9.52. The standard InChI is InChI=1S/C18H12ClF9N2O3S/c1-9(13-7-12(19)3-5-15(13)30-34(31,32)18(26,27)28)29-33-8-10-6-11(16(20,21)22)2-4-14(10)17(23,24)25/h2-7,30H,8H2,1H3. The lowest BCUT2D eigenvalue weighted by Crippen LogP contribution is -2.30. The molecule has 188 valence electrons. The highest BCUT2D eigenvalue weighted by atomic mass is 35.5. The van der Waals surface area contributed by atoms with Crippen LogP contribution in [0.3, 0.4) is 0 Å². The van der Waals surface area contributed by atoms with Crippen LogP contribution < -0.4 is 4.72 Å². The number of nitrogens with one attached hydrogen (secondary N) is 1. The average Bonchev–Trinajstić information content (AvgIpc) is 2.66. The normalized spacial score (nSPS) is 13.7. The molecular weight excluding hydrogens is 531 g/mol. The smallest absolute Gasteiger partial charge is 0.391 e. The minimum Gasteiger partial charge on any atom is -0.391 e. The summed E-state index contributed by atoms with van der Waals surface area (Å²) in [6.45, 7) is -0.00582. The Bertz CT molecular complexity index is 1190. The molecule has 0 bridgehead atoms. The molecule has 0 fully saturated rings. The summed E-state index contributed by atoms with van der Waals surface area (Å²) in [6.07, 6.45) is -9.96. The molecule has 5 nitrogen and oxygen atoms in total. The molecule has 1 N–H and O–H groups in total. The van der Waals surface area contributed by atoms with Crippen molar-refractivity contribution in [2.45, 2.75) is 31.4 Å². The number of nitrogens with zero attached hydrogens (tertiary/aromatic N) is 1. The van der Waals surface area contributed by atoms with Crippen LogP contribution in [-0.2, 0) is 33.8 Å². The number of benzene rings is 2. The number of anilines is 1. The first-order chi connectivity index (χ1) is 15.3. The van der Waals surface area contributed by atoms with Gasteiger partial charge in [-0.3, -0.25) is 4.72 Å². The highest BCUT2D eigenvalue weighted by Gasteiger charge is 2.46. The van der Waals surface area contributed by atoms with Crippen LogP contribution in [-0.4, -0.2) is 19.6 Å². The van der Waals surface area contributed by atoms with E-state index in [1.807, 2.05) is 0 Å². The number of alkyl halides is 9. The van der Waals surface area contributed by atoms with Gasteiger partial charge in [-0.05, 0) is 43.3 Å². The number of sulfonamides is 1. The van der Waals surface area contributed by atoms with Gasteiger partial charge in [0.1, 0.15) is 6.61 Å². The summed E-state index contributed by atoms with van der Waals surface area (Å²) < 4.78 is 140. The van der Waals surface area contributed by atoms with Crippen LogP contribution in [0.4, 0.5) is 45.2 Å². The number of rotatable bonds is 6. The molecule has 0 saturated carbocycles. The Morgan fingerprint density at radius 1 is 0.971 bits per heavy atom. The zero-order valence-electron chi connectivity index (χ0n) is 16.5. The second-order valence-electron chi connectivity index (χ2n) is 6.56. The number of halogens is 10. The predicted molar refractivity (Wildman–Crippen MR) is 103 cm³/mol. The van der Waals surface area contributed by atoms with E-state index in [0.29, 0.717) is 0 Å². The van der Waals surface area contributed by atoms with E-state index in [1.165, 1.54) is 4.72 Å². The fourth-order valence-corrected chi connectivity index (χ4v) is 3.28. The van der Waals surface area contributed by atoms with Gasteiger partial charge in [0.25, 0.3) is 0 Å². The van der Waals surface area contributed by atoms with E-state index in [-0.39, 0.29) is 34.5 Å². The minimum atomic E-state index is -5.84. The van der Waals surface area contributed by atoms with Gasteiger partial charge in [-0.15, -0.1) is 0 Å². The lowest BCUT2D eigenvalue weighted by Gasteiger charge is -2.16. The summed E-state index contributed by atoms with van der Waals surface area (Å²) in [5.41, 5.74) is -10.7. The molecule has 0 atom stereocenters. The molecule has 0 heterocycles. The molecule has 0 aliphatic rings. The fraction of sp³-hybridized carbons (Fsp3) is 0.278. The topological polar surface area (TPSA) is 67.8 Å². The zero-order valence-corrected chi connectivity index (χ0v) is 18.1. The van der Waals surface area contributed by atoms with Gasteiger partial charge in [-0.2, -0.15) is 47.9 Å². The van der Waals surface area contributed by atoms with E-state index in [9.17, 15) is 47.9 Å². The van der Waals surface area contributed by atoms with Crippen LogP contribution in [0.25, 0.3) is 0 Å². The van der Waals surface area contributed by atoms with Gasteiger partial charge in [-0.25, -0.2) is 0 Å². The van der Waals surface area contributed by atoms with Gasteiger partial charge in [0.05, 0.1) is 22.5 Å². The maximum Gasteiger partial charge on any atom is 0.516 e. The second-order valence-corrected chi connectivity index (χ2v) is 8.67. The minimum absolute atomic E-state index is 0.0725. The van der Waals surface area contributed by atoms with Crippen LogP contribution in [0, 0.1) is 0 Å². The first-order valence-corrected chi connectivity index (χ1v) is 10.5. The zero-order chi connectivity index (χ0) is 26.1. The maximum absolute atomic E-state index is 13.1. The molecular formula is C18H12ClF9N2O3S. The Morgan fingerprint density at radius 2 is 1.59 bits per heavy atom. The molecule has 0 radical (unpaired) electrons. The van der Waals surface area contributed by atoms with Crippen LogP contribution in [0.1, 0.15) is 29.2 Å². The van der Waals surface area contributed by atoms with Gasteiger partial charge in [0.2, 0.25) is 0 Å². The van der Waals surface area contributed by atoms with Crippen molar-refractivity contribution in [2.75, 3.05) is 4.72 Å². The molecule has 0 amide bonds. The summed E-state index contributed by atoms with van der Waals surface area (Å²) in [5, 5.41) is 3.32. The van der Waals surface area contributed by atoms with E-state index in [1.54, 1.807) is 0 Å². The van der Waals surface area contributed by atoms with Crippen molar-refractivity contribution in [2.24, 2.45) is 5.16 Å². The van der Waals surface area contributed by atoms with Crippen LogP contribution in [0.5, 0.6) is 0 Å². The molecule has 0 saturated heterocycles. The summed E-state index contributed by atoms with van der Waals surface area (Å²) in [5.74, 6) is 0. The summed E-state index contributed by atoms with van der Waals surface area (Å²) in [6, 6.07) is 3.59. The summed E-state index contributed by atoms with van der Waals surface area (Å²) in [7, 11) is -5.84. The molecule has 0 unspecified atom stereocenters. The molecule has 0 spiro atoms. The summed E-state index contributed by atoms with van der Waals surface area (Å²) in [4.78, 5) is 4.71. The third-order valence-corrected chi connectivity index (χ3v) is 5.41. The predicted octanol–water partition coefficient (Wildman–Crippen LogP) is 6.58. The largest absolute Gasteiger partial charge is 0.516 e. The van der Waals surface area contributed by atoms with E-state index < -0.39 is 56.9 Å². The average molecular weight is 543 g/mol. The van der Waals surface area contributed by atoms with Crippen molar-refractivity contribution in [3.8, 4) is 0 Å². The molecule has 0 aromatic heterocycles. The first-order valence-electron chi connectivity index (χ1n) is 8.66. The van der Waals surface area contributed by atoms with Crippen molar-refractivity contribution >= 4 is 33.0 Å². The number of hydrogen-bond acceptors (Lipinski definition) is 4. The van der Waals surface area contributed by atoms with E-state index in [0.717, 1.165) is 25.1 Å². The highest BCUT2D eigenvalue weighted by molar-refractivity contribution is 7.93. The van der Waals surface area contributed by atoms with E-state index in [4.69, 9.17) is 16.4 Å². The SMILES string of the molecule is CC(=NOCc1cc(C(F)(F)F)ccc1C(F)(F)F)c1cc(Cl)ccc1NS(=O)(=O)C(F)(F)F. The number of oxime groups is 1. The molecule has 2 aromatic carbocycles. The summed E-state index contributed by atoms with van der Waals surface area (Å²) >= 11 is 5.76. The first kappa shape index (κ1) is 27.6. The van der Waals surface area contributed by atoms with Gasteiger partial charge >= 0.3 is 27.9 Å². The Labute approximate surface area is 191 Å². The van der Waals surface area contributed by atoms with Gasteiger partial charge in [-0.1, -0.05) is 16.8 Å². The third-order valence-electron chi connectivity index (χ3n) is 4.08. The molecule has 0 aliphatic carbocycles. The van der Waals surface area contributed by atoms with Crippen molar-refractivity contribution < 1.29 is 52.8 Å².